The lowest BCUT2D eigenvalue weighted by molar-refractivity contribution is 0.414. The van der Waals surface area contributed by atoms with E-state index in [-0.39, 0.29) is 5.56 Å². The summed E-state index contributed by atoms with van der Waals surface area (Å²) in [5, 5.41) is 5.34. The number of nitrogens with one attached hydrogen (secondary N) is 1. The largest absolute Gasteiger partial charge is 0.497 e. The second-order valence-electron chi connectivity index (χ2n) is 8.76. The van der Waals surface area contributed by atoms with Crippen molar-refractivity contribution in [1.29, 1.82) is 0 Å². The summed E-state index contributed by atoms with van der Waals surface area (Å²) in [5.41, 5.74) is 3.60. The molecule has 5 nitrogen and oxygen atoms in total. The zero-order valence-electron chi connectivity index (χ0n) is 19.2. The predicted octanol–water partition coefficient (Wildman–Crippen LogP) is 5.05. The molecule has 1 N–H and O–H groups in total. The van der Waals surface area contributed by atoms with Gasteiger partial charge in [-0.25, -0.2) is 4.98 Å². The van der Waals surface area contributed by atoms with E-state index in [1.807, 2.05) is 36.4 Å². The molecule has 5 rings (SSSR count). The molecule has 0 saturated heterocycles. The fourth-order valence-electron chi connectivity index (χ4n) is 4.72. The lowest BCUT2D eigenvalue weighted by atomic mass is 9.93. The molecule has 1 aliphatic carbocycles. The number of halogens is 1. The Hall–Kier alpha value is -2.67. The highest BCUT2D eigenvalue weighted by molar-refractivity contribution is 7.18. The summed E-state index contributed by atoms with van der Waals surface area (Å²) in [4.78, 5) is 20.1. The van der Waals surface area contributed by atoms with Crippen LogP contribution in [0, 0.1) is 0 Å². The molecule has 2 aromatic carbocycles. The van der Waals surface area contributed by atoms with Gasteiger partial charge in [-0.15, -0.1) is 11.3 Å². The first-order chi connectivity index (χ1) is 16.6. The zero-order chi connectivity index (χ0) is 23.5. The van der Waals surface area contributed by atoms with Crippen molar-refractivity contribution in [3.8, 4) is 5.75 Å². The van der Waals surface area contributed by atoms with Crippen molar-refractivity contribution >= 4 is 33.2 Å². The fourth-order valence-corrected chi connectivity index (χ4v) is 6.21. The first-order valence-electron chi connectivity index (χ1n) is 11.7. The Bertz CT molecular complexity index is 1360. The van der Waals surface area contributed by atoms with Gasteiger partial charge in [0.25, 0.3) is 5.56 Å². The number of fused-ring (bicyclic) bond motifs is 3. The van der Waals surface area contributed by atoms with Crippen LogP contribution in [0.25, 0.3) is 10.2 Å². The van der Waals surface area contributed by atoms with E-state index in [9.17, 15) is 4.79 Å². The molecule has 0 spiro atoms. The standard InChI is InChI=1S/C27H28ClN3O2S/c1-33-21-7-4-5-18(15-21)12-14-31-17-30-26-25(27(31)32)22-10-9-20(16-24(22)34-26)29-13-11-19-6-2-3-8-23(19)28/h2-8,15,17,20,29H,9-14,16H2,1H3. The van der Waals surface area contributed by atoms with Crippen LogP contribution in [0.2, 0.25) is 5.02 Å². The molecule has 4 aromatic rings. The third-order valence-corrected chi connectivity index (χ3v) is 8.13. The van der Waals surface area contributed by atoms with E-state index in [1.54, 1.807) is 29.3 Å². The quantitative estimate of drug-likeness (QED) is 0.373. The van der Waals surface area contributed by atoms with E-state index in [1.165, 1.54) is 16.0 Å². The third-order valence-electron chi connectivity index (χ3n) is 6.60. The first kappa shape index (κ1) is 23.1. The smallest absolute Gasteiger partial charge is 0.262 e. The minimum atomic E-state index is 0.0792. The molecule has 2 aromatic heterocycles. The number of methoxy groups -OCH3 is 1. The summed E-state index contributed by atoms with van der Waals surface area (Å²) in [6.45, 7) is 1.50. The van der Waals surface area contributed by atoms with Crippen molar-refractivity contribution in [2.45, 2.75) is 44.7 Å². The van der Waals surface area contributed by atoms with Gasteiger partial charge in [0.15, 0.2) is 0 Å². The molecule has 7 heteroatoms. The molecule has 0 amide bonds. The summed E-state index contributed by atoms with van der Waals surface area (Å²) in [7, 11) is 1.67. The van der Waals surface area contributed by atoms with Crippen molar-refractivity contribution in [3.63, 3.8) is 0 Å². The number of ether oxygens (including phenoxy) is 1. The second-order valence-corrected chi connectivity index (χ2v) is 10.3. The molecule has 1 unspecified atom stereocenters. The van der Waals surface area contributed by atoms with E-state index in [0.29, 0.717) is 12.6 Å². The van der Waals surface area contributed by atoms with E-state index in [4.69, 9.17) is 16.3 Å². The SMILES string of the molecule is COc1cccc(CCn2cnc3sc4c(c3c2=O)CCC(NCCc2ccccc2Cl)C4)c1. The molecular weight excluding hydrogens is 466 g/mol. The van der Waals surface area contributed by atoms with Gasteiger partial charge >= 0.3 is 0 Å². The van der Waals surface area contributed by atoms with Crippen LogP contribution < -0.4 is 15.6 Å². The van der Waals surface area contributed by atoms with Crippen molar-refractivity contribution in [1.82, 2.24) is 14.9 Å². The summed E-state index contributed by atoms with van der Waals surface area (Å²) in [6, 6.07) is 16.4. The van der Waals surface area contributed by atoms with Gasteiger partial charge in [-0.05, 0) is 73.5 Å². The molecule has 176 valence electrons. The van der Waals surface area contributed by atoms with E-state index in [0.717, 1.165) is 65.2 Å². The molecule has 2 heterocycles. The average Bonchev–Trinajstić information content (AvgIpc) is 3.23. The minimum Gasteiger partial charge on any atom is -0.497 e. The van der Waals surface area contributed by atoms with Crippen molar-refractivity contribution in [2.24, 2.45) is 0 Å². The van der Waals surface area contributed by atoms with Gasteiger partial charge in [-0.2, -0.15) is 0 Å². The number of nitrogens with zero attached hydrogens (tertiary/aromatic N) is 2. The number of rotatable bonds is 8. The maximum atomic E-state index is 13.3. The average molecular weight is 494 g/mol. The Labute approximate surface area is 208 Å². The number of aromatic nitrogens is 2. The van der Waals surface area contributed by atoms with Gasteiger partial charge in [0.2, 0.25) is 0 Å². The van der Waals surface area contributed by atoms with E-state index >= 15 is 0 Å². The molecule has 0 fully saturated rings. The van der Waals surface area contributed by atoms with Gasteiger partial charge in [-0.3, -0.25) is 9.36 Å². The highest BCUT2D eigenvalue weighted by atomic mass is 35.5. The molecular formula is C27H28ClN3O2S. The second kappa shape index (κ2) is 10.3. The van der Waals surface area contributed by atoms with Crippen LogP contribution in [-0.4, -0.2) is 29.2 Å². The lowest BCUT2D eigenvalue weighted by Gasteiger charge is -2.23. The monoisotopic (exact) mass is 493 g/mol. The van der Waals surface area contributed by atoms with Gasteiger partial charge in [0.05, 0.1) is 18.8 Å². The molecule has 0 aliphatic heterocycles. The van der Waals surface area contributed by atoms with Gasteiger partial charge in [-0.1, -0.05) is 41.9 Å². The van der Waals surface area contributed by atoms with Crippen LogP contribution in [0.4, 0.5) is 0 Å². The van der Waals surface area contributed by atoms with Crippen LogP contribution in [0.15, 0.2) is 59.7 Å². The van der Waals surface area contributed by atoms with Crippen LogP contribution in [0.3, 0.4) is 0 Å². The maximum absolute atomic E-state index is 13.3. The van der Waals surface area contributed by atoms with Gasteiger partial charge < -0.3 is 10.1 Å². The Kier molecular flexibility index (Phi) is 6.99. The first-order valence-corrected chi connectivity index (χ1v) is 12.9. The maximum Gasteiger partial charge on any atom is 0.262 e. The Morgan fingerprint density at radius 1 is 1.21 bits per heavy atom. The third kappa shape index (κ3) is 4.90. The van der Waals surface area contributed by atoms with Crippen molar-refractivity contribution < 1.29 is 4.74 Å². The number of aryl methyl sites for hydroxylation is 3. The van der Waals surface area contributed by atoms with Crippen LogP contribution >= 0.6 is 22.9 Å². The Balaban J connectivity index is 1.27. The topological polar surface area (TPSA) is 56.2 Å². The molecule has 1 atom stereocenters. The summed E-state index contributed by atoms with van der Waals surface area (Å²) in [6.07, 6.45) is 6.26. The highest BCUT2D eigenvalue weighted by Gasteiger charge is 2.25. The van der Waals surface area contributed by atoms with Crippen LogP contribution in [0.1, 0.15) is 28.0 Å². The number of benzene rings is 2. The molecule has 0 saturated carbocycles. The van der Waals surface area contributed by atoms with E-state index < -0.39 is 0 Å². The molecule has 1 aliphatic rings. The van der Waals surface area contributed by atoms with Crippen molar-refractivity contribution in [2.75, 3.05) is 13.7 Å². The lowest BCUT2D eigenvalue weighted by Crippen LogP contribution is -2.35. The van der Waals surface area contributed by atoms with Gasteiger partial charge in [0.1, 0.15) is 10.6 Å². The summed E-state index contributed by atoms with van der Waals surface area (Å²) >= 11 is 7.96. The van der Waals surface area contributed by atoms with Crippen LogP contribution in [-0.2, 0) is 32.2 Å². The number of thiophene rings is 1. The number of hydrogen-bond acceptors (Lipinski definition) is 5. The van der Waals surface area contributed by atoms with E-state index in [2.05, 4.69) is 22.4 Å². The summed E-state index contributed by atoms with van der Waals surface area (Å²) < 4.78 is 7.06. The molecule has 0 radical (unpaired) electrons. The molecule has 34 heavy (non-hydrogen) atoms. The normalized spacial score (nSPS) is 15.4. The fraction of sp³-hybridized carbons (Fsp3) is 0.333. The summed E-state index contributed by atoms with van der Waals surface area (Å²) in [5.74, 6) is 0.834. The number of hydrogen-bond donors (Lipinski definition) is 1. The van der Waals surface area contributed by atoms with Crippen molar-refractivity contribution in [3.05, 3.63) is 91.8 Å². The van der Waals surface area contributed by atoms with Gasteiger partial charge in [0, 0.05) is 22.5 Å². The molecule has 0 bridgehead atoms. The Morgan fingerprint density at radius 3 is 2.94 bits per heavy atom. The predicted molar refractivity (Wildman–Crippen MR) is 140 cm³/mol. The zero-order valence-corrected chi connectivity index (χ0v) is 20.8. The highest BCUT2D eigenvalue weighted by Crippen LogP contribution is 2.33. The van der Waals surface area contributed by atoms with Crippen LogP contribution in [0.5, 0.6) is 5.75 Å². The Morgan fingerprint density at radius 2 is 2.09 bits per heavy atom. The minimum absolute atomic E-state index is 0.0792.